The second-order valence-corrected chi connectivity index (χ2v) is 3.82. The molecule has 0 saturated carbocycles. The van der Waals surface area contributed by atoms with E-state index < -0.39 is 0 Å². The summed E-state index contributed by atoms with van der Waals surface area (Å²) in [6.45, 7) is 7.37. The van der Waals surface area contributed by atoms with Gasteiger partial charge in [-0.05, 0) is 32.0 Å². The minimum absolute atomic E-state index is 0.711. The first-order valence-corrected chi connectivity index (χ1v) is 5.70. The number of rotatable bonds is 6. The standard InChI is InChI=1S/C13H19NO2/c1-4-14(5-2)9-12-8-11(10-15)6-7-13(12)16-3/h6-8,10H,4-5,9H2,1-3H3/p+1. The summed E-state index contributed by atoms with van der Waals surface area (Å²) in [6.07, 6.45) is 0.876. The topological polar surface area (TPSA) is 30.7 Å². The number of carbonyl (C=O) groups is 1. The molecule has 0 aliphatic heterocycles. The van der Waals surface area contributed by atoms with Gasteiger partial charge in [-0.1, -0.05) is 0 Å². The number of methoxy groups -OCH3 is 1. The Balaban J connectivity index is 2.94. The van der Waals surface area contributed by atoms with E-state index in [-0.39, 0.29) is 0 Å². The van der Waals surface area contributed by atoms with Gasteiger partial charge in [-0.2, -0.15) is 0 Å². The van der Waals surface area contributed by atoms with Gasteiger partial charge in [0, 0.05) is 11.1 Å². The number of hydrogen-bond donors (Lipinski definition) is 1. The maximum atomic E-state index is 10.7. The average molecular weight is 222 g/mol. The molecule has 1 rings (SSSR count). The van der Waals surface area contributed by atoms with Gasteiger partial charge in [-0.25, -0.2) is 0 Å². The molecule has 1 aromatic carbocycles. The van der Waals surface area contributed by atoms with Crippen LogP contribution in [0.5, 0.6) is 5.75 Å². The molecule has 1 N–H and O–H groups in total. The van der Waals surface area contributed by atoms with E-state index in [9.17, 15) is 4.79 Å². The van der Waals surface area contributed by atoms with Gasteiger partial charge >= 0.3 is 0 Å². The Labute approximate surface area is 97.0 Å². The van der Waals surface area contributed by atoms with Crippen LogP contribution >= 0.6 is 0 Å². The fraction of sp³-hybridized carbons (Fsp3) is 0.462. The van der Waals surface area contributed by atoms with Gasteiger partial charge in [-0.3, -0.25) is 4.79 Å². The van der Waals surface area contributed by atoms with Crippen molar-refractivity contribution in [3.8, 4) is 5.75 Å². The summed E-state index contributed by atoms with van der Waals surface area (Å²) >= 11 is 0. The predicted octanol–water partition coefficient (Wildman–Crippen LogP) is 0.932. The zero-order chi connectivity index (χ0) is 12.0. The molecule has 0 unspecified atom stereocenters. The third-order valence-corrected chi connectivity index (χ3v) is 2.88. The van der Waals surface area contributed by atoms with Gasteiger partial charge in [0.15, 0.2) is 0 Å². The highest BCUT2D eigenvalue weighted by atomic mass is 16.5. The van der Waals surface area contributed by atoms with E-state index in [1.54, 1.807) is 13.2 Å². The van der Waals surface area contributed by atoms with Gasteiger partial charge in [0.05, 0.1) is 20.2 Å². The first-order valence-electron chi connectivity index (χ1n) is 5.70. The van der Waals surface area contributed by atoms with Crippen LogP contribution in [0.1, 0.15) is 29.8 Å². The zero-order valence-corrected chi connectivity index (χ0v) is 10.2. The smallest absolute Gasteiger partial charge is 0.150 e. The van der Waals surface area contributed by atoms with Crippen LogP contribution in [-0.4, -0.2) is 26.5 Å². The molecule has 0 aromatic heterocycles. The normalized spacial score (nSPS) is 10.5. The summed E-state index contributed by atoms with van der Waals surface area (Å²) in [4.78, 5) is 12.2. The first kappa shape index (κ1) is 12.7. The van der Waals surface area contributed by atoms with E-state index in [4.69, 9.17) is 4.74 Å². The van der Waals surface area contributed by atoms with E-state index in [0.29, 0.717) is 5.56 Å². The maximum Gasteiger partial charge on any atom is 0.150 e. The third kappa shape index (κ3) is 3.07. The Kier molecular flexibility index (Phi) is 4.99. The number of carbonyl (C=O) groups excluding carboxylic acids is 1. The van der Waals surface area contributed by atoms with Gasteiger partial charge in [0.2, 0.25) is 0 Å². The molecule has 0 saturated heterocycles. The molecule has 0 fully saturated rings. The summed E-state index contributed by atoms with van der Waals surface area (Å²) in [7, 11) is 1.66. The van der Waals surface area contributed by atoms with Crippen molar-refractivity contribution in [2.75, 3.05) is 20.2 Å². The Hall–Kier alpha value is -1.35. The number of ether oxygens (including phenoxy) is 1. The quantitative estimate of drug-likeness (QED) is 0.726. The lowest BCUT2D eigenvalue weighted by molar-refractivity contribution is -0.910. The third-order valence-electron chi connectivity index (χ3n) is 2.88. The number of quaternary nitrogens is 1. The summed E-state index contributed by atoms with van der Waals surface area (Å²) in [5.41, 5.74) is 1.81. The molecule has 0 radical (unpaired) electrons. The van der Waals surface area contributed by atoms with Crippen molar-refractivity contribution in [1.29, 1.82) is 0 Å². The van der Waals surface area contributed by atoms with Crippen molar-refractivity contribution in [3.63, 3.8) is 0 Å². The number of nitrogens with one attached hydrogen (secondary N) is 1. The van der Waals surface area contributed by atoms with Gasteiger partial charge < -0.3 is 9.64 Å². The summed E-state index contributed by atoms with van der Waals surface area (Å²) < 4.78 is 5.31. The molecule has 16 heavy (non-hydrogen) atoms. The zero-order valence-electron chi connectivity index (χ0n) is 10.2. The summed E-state index contributed by atoms with van der Waals surface area (Å²) in [6, 6.07) is 5.56. The van der Waals surface area contributed by atoms with E-state index in [0.717, 1.165) is 37.2 Å². The number of benzene rings is 1. The van der Waals surface area contributed by atoms with Crippen LogP contribution in [0.4, 0.5) is 0 Å². The van der Waals surface area contributed by atoms with E-state index >= 15 is 0 Å². The second-order valence-electron chi connectivity index (χ2n) is 3.82. The molecular weight excluding hydrogens is 202 g/mol. The molecule has 0 aliphatic rings. The molecular formula is C13H20NO2+. The van der Waals surface area contributed by atoms with Crippen LogP contribution in [0.15, 0.2) is 18.2 Å². The van der Waals surface area contributed by atoms with Crippen LogP contribution in [0, 0.1) is 0 Å². The molecule has 1 aromatic rings. The predicted molar refractivity (Wildman–Crippen MR) is 64.1 cm³/mol. The minimum Gasteiger partial charge on any atom is -0.496 e. The SMILES string of the molecule is CC[NH+](CC)Cc1cc(C=O)ccc1OC. The highest BCUT2D eigenvalue weighted by molar-refractivity contribution is 5.75. The van der Waals surface area contributed by atoms with Crippen molar-refractivity contribution >= 4 is 6.29 Å². The Morgan fingerprint density at radius 3 is 2.50 bits per heavy atom. The fourth-order valence-electron chi connectivity index (χ4n) is 1.78. The lowest BCUT2D eigenvalue weighted by Crippen LogP contribution is -3.10. The van der Waals surface area contributed by atoms with Crippen LogP contribution < -0.4 is 9.64 Å². The average Bonchev–Trinajstić information content (AvgIpc) is 2.35. The lowest BCUT2D eigenvalue weighted by Gasteiger charge is -2.17. The molecule has 0 bridgehead atoms. The number of hydrogen-bond acceptors (Lipinski definition) is 2. The second kappa shape index (κ2) is 6.28. The molecule has 3 nitrogen and oxygen atoms in total. The highest BCUT2D eigenvalue weighted by Crippen LogP contribution is 2.18. The molecule has 0 atom stereocenters. The molecule has 0 heterocycles. The van der Waals surface area contributed by atoms with E-state index in [1.807, 2.05) is 12.1 Å². The fourth-order valence-corrected chi connectivity index (χ4v) is 1.78. The Morgan fingerprint density at radius 1 is 1.31 bits per heavy atom. The largest absolute Gasteiger partial charge is 0.496 e. The van der Waals surface area contributed by atoms with Gasteiger partial charge in [-0.15, -0.1) is 0 Å². The van der Waals surface area contributed by atoms with Crippen LogP contribution in [0.3, 0.4) is 0 Å². The summed E-state index contributed by atoms with van der Waals surface area (Å²) in [5.74, 6) is 0.866. The first-order chi connectivity index (χ1) is 7.74. The van der Waals surface area contributed by atoms with Crippen LogP contribution in [0.25, 0.3) is 0 Å². The maximum absolute atomic E-state index is 10.7. The van der Waals surface area contributed by atoms with E-state index in [2.05, 4.69) is 13.8 Å². The Bertz CT molecular complexity index is 346. The summed E-state index contributed by atoms with van der Waals surface area (Å²) in [5, 5.41) is 0. The van der Waals surface area contributed by atoms with Crippen molar-refractivity contribution < 1.29 is 14.4 Å². The minimum atomic E-state index is 0.711. The highest BCUT2D eigenvalue weighted by Gasteiger charge is 2.10. The van der Waals surface area contributed by atoms with Crippen LogP contribution in [-0.2, 0) is 6.54 Å². The van der Waals surface area contributed by atoms with Crippen molar-refractivity contribution in [2.24, 2.45) is 0 Å². The van der Waals surface area contributed by atoms with Crippen LogP contribution in [0.2, 0.25) is 0 Å². The number of aldehydes is 1. The monoisotopic (exact) mass is 222 g/mol. The van der Waals surface area contributed by atoms with Gasteiger partial charge in [0.1, 0.15) is 18.6 Å². The molecule has 3 heteroatoms. The molecule has 0 amide bonds. The molecule has 0 aliphatic carbocycles. The Morgan fingerprint density at radius 2 is 2.00 bits per heavy atom. The molecule has 0 spiro atoms. The van der Waals surface area contributed by atoms with Crippen molar-refractivity contribution in [1.82, 2.24) is 0 Å². The van der Waals surface area contributed by atoms with Crippen molar-refractivity contribution in [2.45, 2.75) is 20.4 Å². The van der Waals surface area contributed by atoms with Gasteiger partial charge in [0.25, 0.3) is 0 Å². The van der Waals surface area contributed by atoms with E-state index in [1.165, 1.54) is 4.90 Å². The molecule has 88 valence electrons. The lowest BCUT2D eigenvalue weighted by atomic mass is 10.1. The van der Waals surface area contributed by atoms with Crippen molar-refractivity contribution in [3.05, 3.63) is 29.3 Å².